The molecule has 1 aromatic heterocycles. The van der Waals surface area contributed by atoms with Crippen LogP contribution in [0.2, 0.25) is 0 Å². The fourth-order valence-electron chi connectivity index (χ4n) is 4.19. The van der Waals surface area contributed by atoms with Gasteiger partial charge in [0.2, 0.25) is 0 Å². The van der Waals surface area contributed by atoms with Crippen LogP contribution in [-0.2, 0) is 21.6 Å². The molecule has 0 unspecified atom stereocenters. The minimum atomic E-state index is -0.530. The number of ether oxygens (including phenoxy) is 2. The van der Waals surface area contributed by atoms with Crippen molar-refractivity contribution < 1.29 is 24.2 Å². The van der Waals surface area contributed by atoms with Crippen molar-refractivity contribution in [3.8, 4) is 22.6 Å². The van der Waals surface area contributed by atoms with Crippen molar-refractivity contribution in [2.75, 3.05) is 7.11 Å². The van der Waals surface area contributed by atoms with Crippen molar-refractivity contribution >= 4 is 12.4 Å². The number of phenolic OH excluding ortho intramolecular Hbond substituents is 1. The highest BCUT2D eigenvalue weighted by Crippen LogP contribution is 2.51. The number of phenols is 1. The summed E-state index contributed by atoms with van der Waals surface area (Å²) in [5, 5.41) is 14.2. The van der Waals surface area contributed by atoms with E-state index in [0.29, 0.717) is 29.8 Å². The number of carbonyl (C=O) groups excluding carboxylic acids is 2. The zero-order valence-corrected chi connectivity index (χ0v) is 20.4. The van der Waals surface area contributed by atoms with Gasteiger partial charge in [-0.1, -0.05) is 23.8 Å². The van der Waals surface area contributed by atoms with E-state index in [9.17, 15) is 9.90 Å². The van der Waals surface area contributed by atoms with Gasteiger partial charge in [-0.15, -0.1) is 0 Å². The monoisotopic (exact) mass is 465 g/mol. The number of carbonyl (C=O) groups is 2. The molecule has 0 spiro atoms. The number of aromatic nitrogens is 2. The van der Waals surface area contributed by atoms with Gasteiger partial charge in [0.15, 0.2) is 0 Å². The van der Waals surface area contributed by atoms with Crippen molar-refractivity contribution in [3.05, 3.63) is 64.7 Å². The number of benzene rings is 2. The minimum absolute atomic E-state index is 0.0430. The first kappa shape index (κ1) is 24.8. The Morgan fingerprint density at radius 1 is 1.32 bits per heavy atom. The number of methoxy groups -OCH3 is 1. The van der Waals surface area contributed by atoms with E-state index in [2.05, 4.69) is 20.0 Å². The Morgan fingerprint density at radius 2 is 2.03 bits per heavy atom. The number of nitrogens with zero attached hydrogens (tertiary/aromatic N) is 1. The van der Waals surface area contributed by atoms with Gasteiger partial charge < -0.3 is 24.9 Å². The molecule has 0 bridgehead atoms. The first-order valence-electron chi connectivity index (χ1n) is 11.0. The summed E-state index contributed by atoms with van der Waals surface area (Å²) in [7, 11) is 1.31. The first-order chi connectivity index (χ1) is 16.1. The van der Waals surface area contributed by atoms with E-state index in [1.54, 1.807) is 12.5 Å². The van der Waals surface area contributed by atoms with Gasteiger partial charge in [-0.3, -0.25) is 9.59 Å². The predicted molar refractivity (Wildman–Crippen MR) is 129 cm³/mol. The summed E-state index contributed by atoms with van der Waals surface area (Å²) in [6.07, 6.45) is 3.97. The highest BCUT2D eigenvalue weighted by Gasteiger charge is 2.36. The quantitative estimate of drug-likeness (QED) is 0.487. The van der Waals surface area contributed by atoms with Gasteiger partial charge in [-0.05, 0) is 51.8 Å². The van der Waals surface area contributed by atoms with Gasteiger partial charge in [-0.25, -0.2) is 4.98 Å². The zero-order chi connectivity index (χ0) is 25.0. The molecule has 0 saturated heterocycles. The summed E-state index contributed by atoms with van der Waals surface area (Å²) >= 11 is 0. The lowest BCUT2D eigenvalue weighted by atomic mass is 9.83. The van der Waals surface area contributed by atoms with E-state index in [-0.39, 0.29) is 23.3 Å². The van der Waals surface area contributed by atoms with Gasteiger partial charge in [0, 0.05) is 29.9 Å². The molecule has 34 heavy (non-hydrogen) atoms. The smallest absolute Gasteiger partial charge is 0.292 e. The lowest BCUT2D eigenvalue weighted by Gasteiger charge is -2.36. The first-order valence-corrected chi connectivity index (χ1v) is 11.0. The molecule has 3 N–H and O–H groups in total. The topological polar surface area (TPSA) is 114 Å². The molecule has 1 aliphatic heterocycles. The number of hydrogen-bond donors (Lipinski definition) is 3. The predicted octanol–water partition coefficient (Wildman–Crippen LogP) is 4.18. The van der Waals surface area contributed by atoms with Crippen LogP contribution in [0.3, 0.4) is 0 Å². The molecule has 1 atom stereocenters. The average molecular weight is 466 g/mol. The molecule has 0 fully saturated rings. The van der Waals surface area contributed by atoms with E-state index in [1.165, 1.54) is 7.11 Å². The lowest BCUT2D eigenvalue weighted by molar-refractivity contribution is -0.126. The van der Waals surface area contributed by atoms with Gasteiger partial charge >= 0.3 is 0 Å². The molecule has 0 aliphatic carbocycles. The molecular weight excluding hydrogens is 434 g/mol. The second kappa shape index (κ2) is 9.99. The van der Waals surface area contributed by atoms with E-state index in [1.807, 2.05) is 58.9 Å². The zero-order valence-electron chi connectivity index (χ0n) is 20.4. The minimum Gasteiger partial charge on any atom is -0.506 e. The molecule has 2 aromatic carbocycles. The fourth-order valence-corrected chi connectivity index (χ4v) is 4.19. The molecular formula is C26H31N3O5. The third-order valence-corrected chi connectivity index (χ3v) is 5.70. The van der Waals surface area contributed by atoms with Crippen LogP contribution in [0.15, 0.2) is 36.8 Å². The van der Waals surface area contributed by atoms with E-state index in [4.69, 9.17) is 9.53 Å². The Balaban J connectivity index is 0.000000751. The number of fused-ring (bicyclic) bond motifs is 3. The van der Waals surface area contributed by atoms with Gasteiger partial charge in [0.25, 0.3) is 12.4 Å². The fraction of sp³-hybridized carbons (Fsp3) is 0.346. The Morgan fingerprint density at radius 3 is 2.65 bits per heavy atom. The normalized spacial score (nSPS) is 13.8. The summed E-state index contributed by atoms with van der Waals surface area (Å²) in [4.78, 5) is 29.1. The van der Waals surface area contributed by atoms with Crippen LogP contribution in [0.4, 0.5) is 0 Å². The lowest BCUT2D eigenvalue weighted by Crippen LogP contribution is -2.35. The molecule has 3 aromatic rings. The maximum atomic E-state index is 13.1. The van der Waals surface area contributed by atoms with Crippen molar-refractivity contribution in [3.63, 3.8) is 0 Å². The van der Waals surface area contributed by atoms with E-state index in [0.717, 1.165) is 22.4 Å². The van der Waals surface area contributed by atoms with Gasteiger partial charge in [0.05, 0.1) is 24.6 Å². The summed E-state index contributed by atoms with van der Waals surface area (Å²) in [6.45, 7) is 10.1. The maximum absolute atomic E-state index is 13.1. The second-order valence-electron chi connectivity index (χ2n) is 8.94. The summed E-state index contributed by atoms with van der Waals surface area (Å²) in [5.41, 5.74) is 4.90. The molecule has 8 nitrogen and oxygen atoms in total. The third-order valence-electron chi connectivity index (χ3n) is 5.70. The Hall–Kier alpha value is -3.81. The molecule has 0 saturated carbocycles. The molecule has 180 valence electrons. The molecule has 1 amide bonds. The largest absolute Gasteiger partial charge is 0.506 e. The molecule has 2 heterocycles. The number of rotatable bonds is 5. The van der Waals surface area contributed by atoms with Crippen LogP contribution in [0.25, 0.3) is 11.1 Å². The van der Waals surface area contributed by atoms with E-state index >= 15 is 0 Å². The number of aromatic hydroxyl groups is 1. The van der Waals surface area contributed by atoms with Crippen LogP contribution in [0, 0.1) is 13.8 Å². The molecule has 1 aliphatic rings. The molecule has 8 heteroatoms. The summed E-state index contributed by atoms with van der Waals surface area (Å²) in [5.74, 6) is 0.243. The van der Waals surface area contributed by atoms with E-state index < -0.39 is 5.60 Å². The Labute approximate surface area is 199 Å². The summed E-state index contributed by atoms with van der Waals surface area (Å²) in [6, 6.07) is 7.81. The number of H-pyrrole nitrogens is 1. The Bertz CT molecular complexity index is 1190. The second-order valence-corrected chi connectivity index (χ2v) is 8.94. The molecule has 4 rings (SSSR count). The van der Waals surface area contributed by atoms with Crippen molar-refractivity contribution in [1.82, 2.24) is 15.3 Å². The van der Waals surface area contributed by atoms with Gasteiger partial charge in [0.1, 0.15) is 17.1 Å². The van der Waals surface area contributed by atoms with Crippen molar-refractivity contribution in [2.24, 2.45) is 0 Å². The van der Waals surface area contributed by atoms with Crippen LogP contribution in [0.5, 0.6) is 11.5 Å². The summed E-state index contributed by atoms with van der Waals surface area (Å²) < 4.78 is 10.1. The van der Waals surface area contributed by atoms with Crippen LogP contribution in [0.1, 0.15) is 53.5 Å². The number of aryl methyl sites for hydroxylation is 2. The Kier molecular flexibility index (Phi) is 7.29. The molecule has 0 radical (unpaired) electrons. The number of nitrogens with one attached hydrogen (secondary N) is 2. The highest BCUT2D eigenvalue weighted by molar-refractivity contribution is 6.02. The van der Waals surface area contributed by atoms with Crippen molar-refractivity contribution in [1.29, 1.82) is 0 Å². The van der Waals surface area contributed by atoms with Gasteiger partial charge in [-0.2, -0.15) is 0 Å². The van der Waals surface area contributed by atoms with Crippen molar-refractivity contribution in [2.45, 2.75) is 52.7 Å². The number of aromatic amines is 1. The van der Waals surface area contributed by atoms with Crippen LogP contribution >= 0.6 is 0 Å². The number of amides is 1. The number of hydrogen-bond acceptors (Lipinski definition) is 6. The van der Waals surface area contributed by atoms with Crippen LogP contribution in [-0.4, -0.2) is 40.6 Å². The van der Waals surface area contributed by atoms with Crippen LogP contribution < -0.4 is 10.1 Å². The average Bonchev–Trinajstić information content (AvgIpc) is 3.25. The maximum Gasteiger partial charge on any atom is 0.292 e. The SMILES string of the molecule is COC=O.Cc1ccc2c(c1)-c1c(cc(C)c(C(=O)N[C@H](C)Cc3cnc[nH]3)c1O)OC2(C)C. The highest BCUT2D eigenvalue weighted by atomic mass is 16.5. The number of imidazole rings is 1. The standard InChI is InChI=1S/C24H27N3O3.C2H4O2/c1-13-6-7-18-17(8-13)21-19(30-24(18,4)5)9-14(2)20(22(21)28)23(29)27-15(3)10-16-11-25-12-26-16;1-4-2-3/h6-9,11-12,15,28H,10H2,1-5H3,(H,25,26)(H,27,29);2H,1H3/t15-;/m1./s1. The third kappa shape index (κ3) is 5.06.